The molecule has 25 heavy (non-hydrogen) atoms. The summed E-state index contributed by atoms with van der Waals surface area (Å²) in [5, 5.41) is 14.7. The Morgan fingerprint density at radius 3 is 2.56 bits per heavy atom. The summed E-state index contributed by atoms with van der Waals surface area (Å²) >= 11 is 0. The largest absolute Gasteiger partial charge is 0.462 e. The first-order chi connectivity index (χ1) is 12.1. The zero-order valence-corrected chi connectivity index (χ0v) is 13.9. The van der Waals surface area contributed by atoms with E-state index in [0.29, 0.717) is 30.0 Å². The van der Waals surface area contributed by atoms with Crippen molar-refractivity contribution in [3.63, 3.8) is 0 Å². The average Bonchev–Trinajstić information content (AvgIpc) is 2.62. The molecule has 2 aromatic carbocycles. The number of carbonyl (C=O) groups is 2. The predicted molar refractivity (Wildman–Crippen MR) is 95.3 cm³/mol. The second-order valence-electron chi connectivity index (χ2n) is 5.22. The van der Waals surface area contributed by atoms with E-state index in [-0.39, 0.29) is 18.3 Å². The van der Waals surface area contributed by atoms with Gasteiger partial charge in [0.1, 0.15) is 0 Å². The topological polar surface area (TPSA) is 91.2 Å². The Bertz CT molecular complexity index is 779. The number of esters is 1. The van der Waals surface area contributed by atoms with E-state index in [4.69, 9.17) is 10.00 Å². The van der Waals surface area contributed by atoms with Crippen molar-refractivity contribution in [2.45, 2.75) is 13.3 Å². The SMILES string of the molecule is CCOC(=O)c1ccc(NCCC(=O)Nc2cccc(C#N)c2)cc1. The maximum Gasteiger partial charge on any atom is 0.338 e. The van der Waals surface area contributed by atoms with Gasteiger partial charge in [-0.05, 0) is 49.4 Å². The van der Waals surface area contributed by atoms with E-state index in [9.17, 15) is 9.59 Å². The number of benzene rings is 2. The van der Waals surface area contributed by atoms with Gasteiger partial charge < -0.3 is 15.4 Å². The smallest absolute Gasteiger partial charge is 0.338 e. The van der Waals surface area contributed by atoms with Crippen molar-refractivity contribution in [3.8, 4) is 6.07 Å². The highest BCUT2D eigenvalue weighted by Crippen LogP contribution is 2.12. The van der Waals surface area contributed by atoms with Gasteiger partial charge in [0.25, 0.3) is 0 Å². The number of carbonyl (C=O) groups excluding carboxylic acids is 2. The third kappa shape index (κ3) is 5.66. The second-order valence-corrected chi connectivity index (χ2v) is 5.22. The van der Waals surface area contributed by atoms with Crippen LogP contribution in [0.3, 0.4) is 0 Å². The number of nitriles is 1. The quantitative estimate of drug-likeness (QED) is 0.757. The molecule has 1 amide bonds. The molecule has 0 aliphatic rings. The van der Waals surface area contributed by atoms with Crippen LogP contribution in [0.15, 0.2) is 48.5 Å². The molecule has 128 valence electrons. The lowest BCUT2D eigenvalue weighted by Gasteiger charge is -2.08. The molecule has 0 bridgehead atoms. The fraction of sp³-hybridized carbons (Fsp3) is 0.211. The molecule has 6 heteroatoms. The Morgan fingerprint density at radius 1 is 1.12 bits per heavy atom. The van der Waals surface area contributed by atoms with E-state index in [1.807, 2.05) is 6.07 Å². The molecular formula is C19H19N3O3. The summed E-state index contributed by atoms with van der Waals surface area (Å²) in [6.07, 6.45) is 0.274. The molecule has 0 fully saturated rings. The van der Waals surface area contributed by atoms with E-state index in [1.165, 1.54) is 0 Å². The van der Waals surface area contributed by atoms with Crippen molar-refractivity contribution in [2.24, 2.45) is 0 Å². The zero-order valence-electron chi connectivity index (χ0n) is 13.9. The van der Waals surface area contributed by atoms with Gasteiger partial charge in [-0.15, -0.1) is 0 Å². The summed E-state index contributed by atoms with van der Waals surface area (Å²) < 4.78 is 4.92. The van der Waals surface area contributed by atoms with Crippen LogP contribution in [-0.4, -0.2) is 25.0 Å². The van der Waals surface area contributed by atoms with Crippen LogP contribution in [0.1, 0.15) is 29.3 Å². The molecule has 2 rings (SSSR count). The molecule has 0 atom stereocenters. The van der Waals surface area contributed by atoms with Crippen LogP contribution in [0.25, 0.3) is 0 Å². The van der Waals surface area contributed by atoms with Crippen LogP contribution in [0, 0.1) is 11.3 Å². The number of hydrogen-bond acceptors (Lipinski definition) is 5. The molecule has 0 spiro atoms. The monoisotopic (exact) mass is 337 g/mol. The highest BCUT2D eigenvalue weighted by Gasteiger charge is 2.06. The van der Waals surface area contributed by atoms with Gasteiger partial charge in [0, 0.05) is 24.3 Å². The maximum absolute atomic E-state index is 11.9. The molecule has 0 saturated heterocycles. The van der Waals surface area contributed by atoms with Crippen LogP contribution in [0.5, 0.6) is 0 Å². The third-order valence-electron chi connectivity index (χ3n) is 3.35. The molecular weight excluding hydrogens is 318 g/mol. The first kappa shape index (κ1) is 18.0. The van der Waals surface area contributed by atoms with Crippen LogP contribution in [0.4, 0.5) is 11.4 Å². The summed E-state index contributed by atoms with van der Waals surface area (Å²) in [6.45, 7) is 2.54. The van der Waals surface area contributed by atoms with Crippen LogP contribution in [0.2, 0.25) is 0 Å². The first-order valence-corrected chi connectivity index (χ1v) is 7.93. The van der Waals surface area contributed by atoms with Crippen LogP contribution in [-0.2, 0) is 9.53 Å². The number of nitrogens with zero attached hydrogens (tertiary/aromatic N) is 1. The maximum atomic E-state index is 11.9. The van der Waals surface area contributed by atoms with Gasteiger partial charge >= 0.3 is 5.97 Å². The van der Waals surface area contributed by atoms with E-state index in [0.717, 1.165) is 5.69 Å². The minimum Gasteiger partial charge on any atom is -0.462 e. The summed E-state index contributed by atoms with van der Waals surface area (Å²) in [5.74, 6) is -0.501. The molecule has 0 heterocycles. The van der Waals surface area contributed by atoms with E-state index in [2.05, 4.69) is 10.6 Å². The zero-order chi connectivity index (χ0) is 18.1. The standard InChI is InChI=1S/C19H19N3O3/c1-2-25-19(24)15-6-8-16(9-7-15)21-11-10-18(23)22-17-5-3-4-14(12-17)13-20/h3-9,12,21H,2,10-11H2,1H3,(H,22,23). The summed E-state index contributed by atoms with van der Waals surface area (Å²) in [4.78, 5) is 23.5. The minimum atomic E-state index is -0.354. The number of amides is 1. The predicted octanol–water partition coefficient (Wildman–Crippen LogP) is 3.18. The Kier molecular flexibility index (Phi) is 6.55. The van der Waals surface area contributed by atoms with Gasteiger partial charge in [-0.3, -0.25) is 4.79 Å². The number of hydrogen-bond donors (Lipinski definition) is 2. The lowest BCUT2D eigenvalue weighted by atomic mass is 10.2. The highest BCUT2D eigenvalue weighted by atomic mass is 16.5. The van der Waals surface area contributed by atoms with E-state index >= 15 is 0 Å². The summed E-state index contributed by atoms with van der Waals surface area (Å²) in [6, 6.07) is 15.7. The molecule has 0 saturated carbocycles. The fourth-order valence-electron chi connectivity index (χ4n) is 2.15. The Labute approximate surface area is 146 Å². The van der Waals surface area contributed by atoms with Gasteiger partial charge in [0.05, 0.1) is 23.8 Å². The first-order valence-electron chi connectivity index (χ1n) is 7.93. The number of nitrogens with one attached hydrogen (secondary N) is 2. The molecule has 2 aromatic rings. The fourth-order valence-corrected chi connectivity index (χ4v) is 2.15. The third-order valence-corrected chi connectivity index (χ3v) is 3.35. The van der Waals surface area contributed by atoms with Crippen molar-refractivity contribution >= 4 is 23.3 Å². The van der Waals surface area contributed by atoms with Crippen molar-refractivity contribution in [2.75, 3.05) is 23.8 Å². The number of ether oxygens (including phenoxy) is 1. The minimum absolute atomic E-state index is 0.147. The van der Waals surface area contributed by atoms with Crippen molar-refractivity contribution in [3.05, 3.63) is 59.7 Å². The lowest BCUT2D eigenvalue weighted by molar-refractivity contribution is -0.115. The normalized spacial score (nSPS) is 9.76. The van der Waals surface area contributed by atoms with E-state index < -0.39 is 0 Å². The Hall–Kier alpha value is -3.33. The van der Waals surface area contributed by atoms with Crippen LogP contribution < -0.4 is 10.6 Å². The Balaban J connectivity index is 1.79. The van der Waals surface area contributed by atoms with Crippen molar-refractivity contribution in [1.29, 1.82) is 5.26 Å². The highest BCUT2D eigenvalue weighted by molar-refractivity contribution is 5.91. The second kappa shape index (κ2) is 9.08. The average molecular weight is 337 g/mol. The van der Waals surface area contributed by atoms with Gasteiger partial charge in [0.15, 0.2) is 0 Å². The van der Waals surface area contributed by atoms with Crippen molar-refractivity contribution in [1.82, 2.24) is 0 Å². The van der Waals surface area contributed by atoms with Gasteiger partial charge in [-0.1, -0.05) is 6.07 Å². The van der Waals surface area contributed by atoms with E-state index in [1.54, 1.807) is 55.5 Å². The lowest BCUT2D eigenvalue weighted by Crippen LogP contribution is -2.16. The Morgan fingerprint density at radius 2 is 1.88 bits per heavy atom. The van der Waals surface area contributed by atoms with Crippen molar-refractivity contribution < 1.29 is 14.3 Å². The summed E-state index contributed by atoms with van der Waals surface area (Å²) in [7, 11) is 0. The molecule has 0 unspecified atom stereocenters. The molecule has 0 aromatic heterocycles. The number of rotatable bonds is 7. The molecule has 2 N–H and O–H groups in total. The van der Waals surface area contributed by atoms with Gasteiger partial charge in [-0.2, -0.15) is 5.26 Å². The molecule has 0 aliphatic heterocycles. The summed E-state index contributed by atoms with van der Waals surface area (Å²) in [5.41, 5.74) is 2.40. The molecule has 6 nitrogen and oxygen atoms in total. The van der Waals surface area contributed by atoms with Gasteiger partial charge in [-0.25, -0.2) is 4.79 Å². The van der Waals surface area contributed by atoms with Gasteiger partial charge in [0.2, 0.25) is 5.91 Å². The molecule has 0 aliphatic carbocycles. The van der Waals surface area contributed by atoms with Crippen LogP contribution >= 0.6 is 0 Å². The molecule has 0 radical (unpaired) electrons. The number of anilines is 2.